The topological polar surface area (TPSA) is 243 Å². The van der Waals surface area contributed by atoms with Gasteiger partial charge in [-0.3, -0.25) is 19.2 Å². The maximum atomic E-state index is 13.0. The minimum atomic E-state index is -1.34. The van der Waals surface area contributed by atoms with E-state index in [2.05, 4.69) is 25.9 Å². The second kappa shape index (κ2) is 15.3. The number of carboxylic acid groups (broad SMARTS) is 2. The Morgan fingerprint density at radius 2 is 1.56 bits per heavy atom. The highest BCUT2D eigenvalue weighted by Gasteiger charge is 2.30. The molecule has 1 aromatic heterocycles. The third-order valence-electron chi connectivity index (χ3n) is 4.84. The number of amides is 3. The van der Waals surface area contributed by atoms with Gasteiger partial charge in [-0.1, -0.05) is 0 Å². The van der Waals surface area contributed by atoms with Crippen LogP contribution in [0.5, 0.6) is 0 Å². The molecule has 1 rings (SSSR count). The predicted molar refractivity (Wildman–Crippen MR) is 119 cm³/mol. The van der Waals surface area contributed by atoms with E-state index in [4.69, 9.17) is 16.6 Å². The molecule has 0 aliphatic carbocycles. The van der Waals surface area contributed by atoms with Crippen molar-refractivity contribution in [1.82, 2.24) is 25.9 Å². The SMILES string of the molecule is NCCCC[C@H](NC(=O)[C@H](CCC(=O)O)NC(=O)[C@H](Cc1cnc[nH]1)NC(=O)CCN)C(=O)O. The molecule has 0 unspecified atom stereocenters. The van der Waals surface area contributed by atoms with Crippen molar-refractivity contribution in [3.05, 3.63) is 18.2 Å². The van der Waals surface area contributed by atoms with Crippen LogP contribution in [-0.2, 0) is 30.4 Å². The van der Waals surface area contributed by atoms with Crippen molar-refractivity contribution in [2.75, 3.05) is 13.1 Å². The zero-order valence-corrected chi connectivity index (χ0v) is 18.8. The number of hydrogen-bond donors (Lipinski definition) is 8. The van der Waals surface area contributed by atoms with Crippen molar-refractivity contribution in [3.63, 3.8) is 0 Å². The quantitative estimate of drug-likeness (QED) is 0.111. The van der Waals surface area contributed by atoms with Crippen LogP contribution in [0.3, 0.4) is 0 Å². The van der Waals surface area contributed by atoms with Crippen molar-refractivity contribution in [1.29, 1.82) is 0 Å². The monoisotopic (exact) mass is 483 g/mol. The fourth-order valence-corrected chi connectivity index (χ4v) is 3.05. The molecule has 0 aromatic carbocycles. The first-order valence-electron chi connectivity index (χ1n) is 10.9. The Morgan fingerprint density at radius 1 is 0.882 bits per heavy atom. The van der Waals surface area contributed by atoms with Crippen LogP contribution < -0.4 is 27.4 Å². The third-order valence-corrected chi connectivity index (χ3v) is 4.84. The maximum Gasteiger partial charge on any atom is 0.326 e. The van der Waals surface area contributed by atoms with E-state index in [9.17, 15) is 29.1 Å². The molecule has 1 aromatic rings. The van der Waals surface area contributed by atoms with Gasteiger partial charge in [-0.15, -0.1) is 0 Å². The Kier molecular flexibility index (Phi) is 12.9. The minimum Gasteiger partial charge on any atom is -0.481 e. The first kappa shape index (κ1) is 28.5. The van der Waals surface area contributed by atoms with E-state index in [-0.39, 0.29) is 32.2 Å². The number of carboxylic acids is 2. The Labute approximate surface area is 196 Å². The van der Waals surface area contributed by atoms with Crippen LogP contribution in [0.15, 0.2) is 12.5 Å². The van der Waals surface area contributed by atoms with Gasteiger partial charge in [0.15, 0.2) is 0 Å². The van der Waals surface area contributed by atoms with E-state index in [1.54, 1.807) is 0 Å². The van der Waals surface area contributed by atoms with Crippen LogP contribution >= 0.6 is 0 Å². The molecule has 0 saturated heterocycles. The van der Waals surface area contributed by atoms with Gasteiger partial charge in [0.25, 0.3) is 0 Å². The number of nitrogens with two attached hydrogens (primary N) is 2. The lowest BCUT2D eigenvalue weighted by Crippen LogP contribution is -2.56. The number of carbonyl (C=O) groups excluding carboxylic acids is 3. The van der Waals surface area contributed by atoms with Crippen molar-refractivity contribution < 1.29 is 34.2 Å². The molecular weight excluding hydrogens is 450 g/mol. The number of nitrogens with one attached hydrogen (secondary N) is 4. The summed E-state index contributed by atoms with van der Waals surface area (Å²) >= 11 is 0. The van der Waals surface area contributed by atoms with Crippen LogP contribution in [0.4, 0.5) is 0 Å². The van der Waals surface area contributed by atoms with Crippen LogP contribution in [0.1, 0.15) is 44.2 Å². The van der Waals surface area contributed by atoms with Crippen molar-refractivity contribution in [2.45, 2.75) is 63.1 Å². The van der Waals surface area contributed by atoms with E-state index < -0.39 is 54.2 Å². The van der Waals surface area contributed by atoms with Gasteiger partial charge in [-0.05, 0) is 32.2 Å². The standard InChI is InChI=1S/C20H33N7O7/c21-7-2-1-3-14(20(33)34)27-18(31)13(4-5-17(29)30)26-19(32)15(25-16(28)6-8-22)9-12-10-23-11-24-12/h10-11,13-15H,1-9,21-22H2,(H,23,24)(H,25,28)(H,26,32)(H,27,31)(H,29,30)(H,33,34)/t13-,14-,15-/m0/s1. The largest absolute Gasteiger partial charge is 0.481 e. The van der Waals surface area contributed by atoms with E-state index in [0.717, 1.165) is 0 Å². The van der Waals surface area contributed by atoms with Crippen LogP contribution in [-0.4, -0.2) is 81.1 Å². The average Bonchev–Trinajstić information content (AvgIpc) is 3.28. The van der Waals surface area contributed by atoms with Gasteiger partial charge in [-0.25, -0.2) is 9.78 Å². The van der Waals surface area contributed by atoms with Gasteiger partial charge < -0.3 is 42.6 Å². The van der Waals surface area contributed by atoms with Gasteiger partial charge in [-0.2, -0.15) is 0 Å². The van der Waals surface area contributed by atoms with E-state index >= 15 is 0 Å². The normalized spacial score (nSPS) is 13.4. The first-order valence-corrected chi connectivity index (χ1v) is 10.9. The molecule has 0 radical (unpaired) electrons. The minimum absolute atomic E-state index is 0.0201. The number of unbranched alkanes of at least 4 members (excludes halogenated alkanes) is 1. The molecule has 0 aliphatic rings. The van der Waals surface area contributed by atoms with Crippen molar-refractivity contribution in [2.24, 2.45) is 11.5 Å². The number of H-pyrrole nitrogens is 1. The maximum absolute atomic E-state index is 13.0. The molecule has 0 fully saturated rings. The van der Waals surface area contributed by atoms with Gasteiger partial charge in [0.05, 0.1) is 6.33 Å². The van der Waals surface area contributed by atoms with Crippen LogP contribution in [0.2, 0.25) is 0 Å². The summed E-state index contributed by atoms with van der Waals surface area (Å²) in [4.78, 5) is 67.0. The summed E-state index contributed by atoms with van der Waals surface area (Å²) in [6.07, 6.45) is 3.26. The smallest absolute Gasteiger partial charge is 0.326 e. The number of rotatable bonds is 17. The lowest BCUT2D eigenvalue weighted by molar-refractivity contribution is -0.143. The Balaban J connectivity index is 2.97. The molecule has 0 aliphatic heterocycles. The lowest BCUT2D eigenvalue weighted by Gasteiger charge is -2.24. The van der Waals surface area contributed by atoms with Gasteiger partial charge >= 0.3 is 11.9 Å². The molecule has 3 atom stereocenters. The molecule has 10 N–H and O–H groups in total. The predicted octanol–water partition coefficient (Wildman–Crippen LogP) is -2.17. The molecule has 34 heavy (non-hydrogen) atoms. The molecule has 0 bridgehead atoms. The number of carbonyl (C=O) groups is 5. The zero-order valence-electron chi connectivity index (χ0n) is 18.8. The molecule has 190 valence electrons. The summed E-state index contributed by atoms with van der Waals surface area (Å²) in [5.41, 5.74) is 11.3. The van der Waals surface area contributed by atoms with Crippen molar-refractivity contribution >= 4 is 29.7 Å². The Bertz CT molecular complexity index is 816. The molecule has 14 heteroatoms. The Hall–Kier alpha value is -3.52. The summed E-state index contributed by atoms with van der Waals surface area (Å²) in [6.45, 7) is 0.430. The summed E-state index contributed by atoms with van der Waals surface area (Å²) in [7, 11) is 0. The Morgan fingerprint density at radius 3 is 2.12 bits per heavy atom. The fourth-order valence-electron chi connectivity index (χ4n) is 3.05. The fraction of sp³-hybridized carbons (Fsp3) is 0.600. The molecule has 0 saturated carbocycles. The van der Waals surface area contributed by atoms with Gasteiger partial charge in [0.2, 0.25) is 17.7 Å². The number of aliphatic carboxylic acids is 2. The molecule has 0 spiro atoms. The highest BCUT2D eigenvalue weighted by atomic mass is 16.4. The average molecular weight is 484 g/mol. The van der Waals surface area contributed by atoms with Crippen LogP contribution in [0.25, 0.3) is 0 Å². The molecule has 14 nitrogen and oxygen atoms in total. The molecule has 3 amide bonds. The number of hydrogen-bond acceptors (Lipinski definition) is 8. The van der Waals surface area contributed by atoms with Gasteiger partial charge in [0, 0.05) is 37.7 Å². The van der Waals surface area contributed by atoms with E-state index in [1.165, 1.54) is 12.5 Å². The van der Waals surface area contributed by atoms with E-state index in [1.807, 2.05) is 0 Å². The first-order chi connectivity index (χ1) is 16.2. The summed E-state index contributed by atoms with van der Waals surface area (Å²) in [5, 5.41) is 25.7. The zero-order chi connectivity index (χ0) is 25.5. The van der Waals surface area contributed by atoms with E-state index in [0.29, 0.717) is 25.1 Å². The number of nitrogens with zero attached hydrogens (tertiary/aromatic N) is 1. The van der Waals surface area contributed by atoms with Crippen molar-refractivity contribution in [3.8, 4) is 0 Å². The van der Waals surface area contributed by atoms with Gasteiger partial charge in [0.1, 0.15) is 18.1 Å². The summed E-state index contributed by atoms with van der Waals surface area (Å²) < 4.78 is 0. The second-order valence-corrected chi connectivity index (χ2v) is 7.62. The number of aromatic amines is 1. The van der Waals surface area contributed by atoms with Crippen LogP contribution in [0, 0.1) is 0 Å². The summed E-state index contributed by atoms with van der Waals surface area (Å²) in [6, 6.07) is -3.68. The highest BCUT2D eigenvalue weighted by Crippen LogP contribution is 2.06. The second-order valence-electron chi connectivity index (χ2n) is 7.62. The number of aromatic nitrogens is 2. The summed E-state index contributed by atoms with van der Waals surface area (Å²) in [5.74, 6) is -4.54. The highest BCUT2D eigenvalue weighted by molar-refractivity contribution is 5.93. The number of imidazole rings is 1. The third kappa shape index (κ3) is 10.9. The lowest BCUT2D eigenvalue weighted by atomic mass is 10.1. The molecule has 1 heterocycles. The molecular formula is C20H33N7O7.